The summed E-state index contributed by atoms with van der Waals surface area (Å²) in [4.78, 5) is 0. The van der Waals surface area contributed by atoms with Gasteiger partial charge in [-0.05, 0) is 41.7 Å². The topological polar surface area (TPSA) is 13.1 Å². The Morgan fingerprint density at radius 1 is 0.850 bits per heavy atom. The molecule has 0 atom stereocenters. The van der Waals surface area contributed by atoms with E-state index in [0.717, 1.165) is 0 Å². The Hall–Kier alpha value is -2.54. The molecule has 0 fully saturated rings. The van der Waals surface area contributed by atoms with Crippen molar-refractivity contribution in [2.75, 3.05) is 0 Å². The molecule has 0 N–H and O–H groups in total. The molecule has 0 spiro atoms. The zero-order valence-electron chi connectivity index (χ0n) is 19.6. The van der Waals surface area contributed by atoms with Crippen LogP contribution in [0.1, 0.15) is 17.9 Å². The van der Waals surface area contributed by atoms with Crippen molar-refractivity contribution in [3.8, 4) is 11.1 Å². The molecule has 0 aliphatic heterocycles. The molecule has 0 unspecified atom stereocenters. The van der Waals surface area contributed by atoms with Gasteiger partial charge in [0, 0.05) is 10.8 Å². The lowest BCUT2D eigenvalue weighted by atomic mass is 10.0. The quantitative estimate of drug-likeness (QED) is 0.440. The average Bonchev–Trinajstić information content (AvgIpc) is 3.06. The Balaban J connectivity index is 2.25. The summed E-state index contributed by atoms with van der Waals surface area (Å²) in [6.45, 7) is 1.56. The number of hydrogen-bond acceptors (Lipinski definition) is 1. The molecule has 0 radical (unpaired) electrons. The summed E-state index contributed by atoms with van der Waals surface area (Å²) < 4.78 is 79.1. The van der Waals surface area contributed by atoms with Gasteiger partial charge in [-0.25, -0.2) is 0 Å². The number of fused-ring (bicyclic) bond motifs is 3. The first-order chi connectivity index (χ1) is 13.6. The van der Waals surface area contributed by atoms with Crippen LogP contribution in [-0.4, -0.2) is 0 Å². The molecule has 0 aliphatic carbocycles. The summed E-state index contributed by atoms with van der Waals surface area (Å²) >= 11 is 0. The highest BCUT2D eigenvalue weighted by molar-refractivity contribution is 6.07. The van der Waals surface area contributed by atoms with Crippen molar-refractivity contribution in [2.24, 2.45) is 0 Å². The van der Waals surface area contributed by atoms with E-state index in [1.807, 2.05) is 0 Å². The molecule has 0 amide bonds. The molecule has 0 aliphatic rings. The Labute approximate surface area is 130 Å². The third-order valence-electron chi connectivity index (χ3n) is 3.11. The highest BCUT2D eigenvalue weighted by Crippen LogP contribution is 2.33. The molecule has 3 aromatic carbocycles. The molecule has 1 heterocycles. The van der Waals surface area contributed by atoms with E-state index in [9.17, 15) is 0 Å². The first-order valence-electron chi connectivity index (χ1n) is 10.6. The number of furan rings is 1. The molecule has 1 nitrogen and oxygen atoms in total. The van der Waals surface area contributed by atoms with E-state index in [2.05, 4.69) is 0 Å². The third-order valence-corrected chi connectivity index (χ3v) is 3.11. The second-order valence-electron chi connectivity index (χ2n) is 4.38. The smallest absolute Gasteiger partial charge is 0.136 e. The number of benzene rings is 3. The van der Waals surface area contributed by atoms with Gasteiger partial charge in [0.15, 0.2) is 0 Å². The highest BCUT2D eigenvalue weighted by Gasteiger charge is 2.09. The van der Waals surface area contributed by atoms with Gasteiger partial charge in [0.1, 0.15) is 11.2 Å². The molecule has 0 saturated carbocycles. The zero-order valence-corrected chi connectivity index (χ0v) is 10.6. The van der Waals surface area contributed by atoms with Gasteiger partial charge in [-0.3, -0.25) is 0 Å². The fourth-order valence-corrected chi connectivity index (χ4v) is 2.18. The van der Waals surface area contributed by atoms with Crippen molar-refractivity contribution in [2.45, 2.75) is 6.92 Å². The van der Waals surface area contributed by atoms with E-state index in [4.69, 9.17) is 16.8 Å². The SMILES string of the molecule is [2H]c1cc([2H])c(-c2c([2H])c([2H])c3c(oc4c([2H])c([2H])c([2H])c(C)c43)c2[2H])c([2H])c1. The van der Waals surface area contributed by atoms with Gasteiger partial charge in [-0.15, -0.1) is 0 Å². The highest BCUT2D eigenvalue weighted by atomic mass is 16.3. The second kappa shape index (κ2) is 4.24. The van der Waals surface area contributed by atoms with Crippen molar-refractivity contribution in [1.29, 1.82) is 0 Å². The van der Waals surface area contributed by atoms with Gasteiger partial charge in [0.2, 0.25) is 0 Å². The summed E-state index contributed by atoms with van der Waals surface area (Å²) in [6, 6.07) is 0.0951. The van der Waals surface area contributed by atoms with E-state index < -0.39 is 0 Å². The van der Waals surface area contributed by atoms with Crippen LogP contribution in [0.2, 0.25) is 0 Å². The zero-order chi connectivity index (χ0) is 21.4. The van der Waals surface area contributed by atoms with Crippen LogP contribution in [0.4, 0.5) is 0 Å². The normalized spacial score (nSPS) is 17.6. The minimum atomic E-state index is -0.377. The summed E-state index contributed by atoms with van der Waals surface area (Å²) in [7, 11) is 0. The number of rotatable bonds is 1. The first kappa shape index (κ1) is 5.45. The van der Waals surface area contributed by atoms with Gasteiger partial charge >= 0.3 is 0 Å². The van der Waals surface area contributed by atoms with Crippen molar-refractivity contribution in [3.05, 3.63) is 72.1 Å². The predicted octanol–water partition coefficient (Wildman–Crippen LogP) is 5.56. The molecule has 4 aromatic rings. The van der Waals surface area contributed by atoms with Crippen molar-refractivity contribution >= 4 is 21.9 Å². The van der Waals surface area contributed by atoms with Gasteiger partial charge in [0.05, 0.1) is 12.3 Å². The van der Waals surface area contributed by atoms with Gasteiger partial charge < -0.3 is 4.42 Å². The van der Waals surface area contributed by atoms with Gasteiger partial charge in [0.25, 0.3) is 0 Å². The maximum Gasteiger partial charge on any atom is 0.136 e. The monoisotopic (exact) mass is 267 g/mol. The molecule has 0 bridgehead atoms. The van der Waals surface area contributed by atoms with Crippen LogP contribution in [-0.2, 0) is 0 Å². The molecule has 0 saturated heterocycles. The van der Waals surface area contributed by atoms with Gasteiger partial charge in [-0.2, -0.15) is 0 Å². The Morgan fingerprint density at radius 2 is 1.70 bits per heavy atom. The second-order valence-corrected chi connectivity index (χ2v) is 4.38. The van der Waals surface area contributed by atoms with Crippen molar-refractivity contribution in [1.82, 2.24) is 0 Å². The molecule has 1 aromatic heterocycles. The first-order valence-corrected chi connectivity index (χ1v) is 6.06. The molecular weight excluding hydrogens is 244 g/mol. The summed E-state index contributed by atoms with van der Waals surface area (Å²) in [5.74, 6) is 0. The summed E-state index contributed by atoms with van der Waals surface area (Å²) in [5, 5.41) is 0.358. The van der Waals surface area contributed by atoms with Gasteiger partial charge in [-0.1, -0.05) is 48.4 Å². The molecule has 96 valence electrons. The third kappa shape index (κ3) is 1.64. The van der Waals surface area contributed by atoms with E-state index in [1.54, 1.807) is 6.92 Å². The van der Waals surface area contributed by atoms with E-state index in [0.29, 0.717) is 5.56 Å². The largest absolute Gasteiger partial charge is 0.456 e. The van der Waals surface area contributed by atoms with E-state index >= 15 is 0 Å². The lowest BCUT2D eigenvalue weighted by molar-refractivity contribution is 0.669. The molecule has 1 heteroatoms. The van der Waals surface area contributed by atoms with Crippen LogP contribution in [0.5, 0.6) is 0 Å². The van der Waals surface area contributed by atoms with Crippen LogP contribution >= 0.6 is 0 Å². The summed E-state index contributed by atoms with van der Waals surface area (Å²) in [6.07, 6.45) is 0. The van der Waals surface area contributed by atoms with Crippen molar-refractivity contribution < 1.29 is 16.8 Å². The van der Waals surface area contributed by atoms with Crippen LogP contribution in [0.3, 0.4) is 0 Å². The minimum absolute atomic E-state index is 0.0317. The Bertz CT molecular complexity index is 1330. The van der Waals surface area contributed by atoms with Crippen molar-refractivity contribution in [3.63, 3.8) is 0 Å². The number of aryl methyl sites for hydroxylation is 1. The maximum atomic E-state index is 8.58. The van der Waals surface area contributed by atoms with Crippen LogP contribution in [0.25, 0.3) is 33.1 Å². The molecule has 4 rings (SSSR count). The van der Waals surface area contributed by atoms with Crippen LogP contribution < -0.4 is 0 Å². The van der Waals surface area contributed by atoms with E-state index in [-0.39, 0.29) is 87.4 Å². The molecular formula is C19H14O. The number of hydrogen-bond donors (Lipinski definition) is 0. The Morgan fingerprint density at radius 3 is 2.55 bits per heavy atom. The maximum absolute atomic E-state index is 8.58. The molecule has 20 heavy (non-hydrogen) atoms. The lowest BCUT2D eigenvalue weighted by Crippen LogP contribution is -1.77. The summed E-state index contributed by atoms with van der Waals surface area (Å²) in [5.41, 5.74) is 0.0257. The van der Waals surface area contributed by atoms with Crippen LogP contribution in [0, 0.1) is 6.92 Å². The standard InChI is InChI=1S/C19H14O/c1-13-6-5-9-17-19(13)16-11-10-15(12-18(16)20-17)14-7-3-2-4-8-14/h2-12H,1H3/i2D,5D,6D,7D,8D,9D,10D,11D,12D. The predicted molar refractivity (Wildman–Crippen MR) is 83.9 cm³/mol. The van der Waals surface area contributed by atoms with E-state index in [1.165, 1.54) is 12.1 Å². The Kier molecular flexibility index (Phi) is 1.16. The fraction of sp³-hybridized carbons (Fsp3) is 0.0526. The average molecular weight is 267 g/mol. The minimum Gasteiger partial charge on any atom is -0.456 e. The lowest BCUT2D eigenvalue weighted by Gasteiger charge is -2.01. The fourth-order valence-electron chi connectivity index (χ4n) is 2.18. The van der Waals surface area contributed by atoms with Crippen LogP contribution in [0.15, 0.2) is 70.9 Å².